The van der Waals surface area contributed by atoms with E-state index in [2.05, 4.69) is 6.07 Å². The van der Waals surface area contributed by atoms with Gasteiger partial charge in [-0.3, -0.25) is 4.79 Å². The average molecular weight is 308 g/mol. The van der Waals surface area contributed by atoms with Crippen LogP contribution >= 0.6 is 0 Å². The second-order valence-corrected chi connectivity index (χ2v) is 5.29. The molecular weight excluding hydrogens is 292 g/mol. The molecule has 1 heterocycles. The van der Waals surface area contributed by atoms with Gasteiger partial charge in [0.15, 0.2) is 6.10 Å². The summed E-state index contributed by atoms with van der Waals surface area (Å²) < 4.78 is 11.0. The van der Waals surface area contributed by atoms with Gasteiger partial charge in [0.05, 0.1) is 31.0 Å². The molecule has 2 aromatic rings. The Bertz CT molecular complexity index is 795. The minimum absolute atomic E-state index is 0.140. The van der Waals surface area contributed by atoms with Gasteiger partial charge in [0.2, 0.25) is 0 Å². The summed E-state index contributed by atoms with van der Waals surface area (Å²) in [6, 6.07) is 14.7. The summed E-state index contributed by atoms with van der Waals surface area (Å²) >= 11 is 0. The van der Waals surface area contributed by atoms with Gasteiger partial charge in [-0.05, 0) is 31.2 Å². The molecule has 0 bridgehead atoms. The smallest absolute Gasteiger partial charge is 0.268 e. The quantitative estimate of drug-likeness (QED) is 0.874. The van der Waals surface area contributed by atoms with E-state index in [-0.39, 0.29) is 5.91 Å². The predicted octanol–water partition coefficient (Wildman–Crippen LogP) is 2.88. The number of nitriles is 1. The SMILES string of the molecule is COc1ccccc1CN1C(=O)C(C)Oc2ccc(C#N)cc21. The maximum absolute atomic E-state index is 12.6. The van der Waals surface area contributed by atoms with Gasteiger partial charge in [-0.15, -0.1) is 0 Å². The molecule has 1 unspecified atom stereocenters. The largest absolute Gasteiger partial charge is 0.496 e. The number of para-hydroxylation sites is 1. The highest BCUT2D eigenvalue weighted by Gasteiger charge is 2.32. The highest BCUT2D eigenvalue weighted by atomic mass is 16.5. The maximum Gasteiger partial charge on any atom is 0.268 e. The Morgan fingerprint density at radius 2 is 2.09 bits per heavy atom. The molecular formula is C18H16N2O3. The highest BCUT2D eigenvalue weighted by Crippen LogP contribution is 2.36. The number of carbonyl (C=O) groups is 1. The molecule has 3 rings (SSSR count). The molecule has 2 aromatic carbocycles. The van der Waals surface area contributed by atoms with Crippen LogP contribution in [-0.4, -0.2) is 19.1 Å². The molecule has 116 valence electrons. The number of ether oxygens (including phenoxy) is 2. The Morgan fingerprint density at radius 3 is 2.83 bits per heavy atom. The van der Waals surface area contributed by atoms with Gasteiger partial charge >= 0.3 is 0 Å². The highest BCUT2D eigenvalue weighted by molar-refractivity contribution is 6.00. The Morgan fingerprint density at radius 1 is 1.30 bits per heavy atom. The maximum atomic E-state index is 12.6. The zero-order valence-corrected chi connectivity index (χ0v) is 12.9. The third-order valence-electron chi connectivity index (χ3n) is 3.82. The molecule has 1 aliphatic rings. The number of rotatable bonds is 3. The molecule has 5 heteroatoms. The lowest BCUT2D eigenvalue weighted by Gasteiger charge is -2.33. The molecule has 1 aliphatic heterocycles. The first kappa shape index (κ1) is 14.9. The molecule has 0 N–H and O–H groups in total. The van der Waals surface area contributed by atoms with Crippen LogP contribution in [0.1, 0.15) is 18.1 Å². The van der Waals surface area contributed by atoms with Gasteiger partial charge in [-0.2, -0.15) is 5.26 Å². The number of methoxy groups -OCH3 is 1. The minimum atomic E-state index is -0.565. The average Bonchev–Trinajstić information content (AvgIpc) is 2.59. The van der Waals surface area contributed by atoms with E-state index in [4.69, 9.17) is 14.7 Å². The van der Waals surface area contributed by atoms with Crippen molar-refractivity contribution in [3.63, 3.8) is 0 Å². The van der Waals surface area contributed by atoms with E-state index in [0.717, 1.165) is 11.3 Å². The number of fused-ring (bicyclic) bond motifs is 1. The van der Waals surface area contributed by atoms with Gasteiger partial charge in [-0.25, -0.2) is 0 Å². The lowest BCUT2D eigenvalue weighted by Crippen LogP contribution is -2.44. The van der Waals surface area contributed by atoms with Crippen LogP contribution in [0.2, 0.25) is 0 Å². The van der Waals surface area contributed by atoms with Crippen molar-refractivity contribution in [1.82, 2.24) is 0 Å². The number of carbonyl (C=O) groups excluding carboxylic acids is 1. The molecule has 0 saturated carbocycles. The van der Waals surface area contributed by atoms with Crippen molar-refractivity contribution in [1.29, 1.82) is 5.26 Å². The zero-order chi connectivity index (χ0) is 16.4. The topological polar surface area (TPSA) is 62.6 Å². The predicted molar refractivity (Wildman–Crippen MR) is 85.4 cm³/mol. The van der Waals surface area contributed by atoms with Gasteiger partial charge < -0.3 is 14.4 Å². The first-order valence-electron chi connectivity index (χ1n) is 7.28. The fourth-order valence-electron chi connectivity index (χ4n) is 2.64. The van der Waals surface area contributed by atoms with Crippen molar-refractivity contribution in [3.05, 3.63) is 53.6 Å². The minimum Gasteiger partial charge on any atom is -0.496 e. The summed E-state index contributed by atoms with van der Waals surface area (Å²) in [6.07, 6.45) is -0.565. The van der Waals surface area contributed by atoms with Gasteiger partial charge in [0.25, 0.3) is 5.91 Å². The van der Waals surface area contributed by atoms with E-state index in [0.29, 0.717) is 23.5 Å². The van der Waals surface area contributed by atoms with Crippen molar-refractivity contribution in [2.45, 2.75) is 19.6 Å². The van der Waals surface area contributed by atoms with Gasteiger partial charge in [0, 0.05) is 5.56 Å². The van der Waals surface area contributed by atoms with E-state index in [1.165, 1.54) is 0 Å². The summed E-state index contributed by atoms with van der Waals surface area (Å²) in [4.78, 5) is 14.2. The zero-order valence-electron chi connectivity index (χ0n) is 12.9. The van der Waals surface area contributed by atoms with E-state index in [1.54, 1.807) is 37.1 Å². The van der Waals surface area contributed by atoms with Crippen LogP contribution in [0.3, 0.4) is 0 Å². The van der Waals surface area contributed by atoms with Gasteiger partial charge in [0.1, 0.15) is 11.5 Å². The number of amides is 1. The van der Waals surface area contributed by atoms with Crippen LogP contribution in [0.4, 0.5) is 5.69 Å². The Balaban J connectivity index is 2.04. The van der Waals surface area contributed by atoms with Crippen LogP contribution in [0, 0.1) is 11.3 Å². The molecule has 0 aliphatic carbocycles. The van der Waals surface area contributed by atoms with E-state index in [1.807, 2.05) is 24.3 Å². The third kappa shape index (κ3) is 2.71. The van der Waals surface area contributed by atoms with Crippen molar-refractivity contribution in [2.75, 3.05) is 12.0 Å². The molecule has 5 nitrogen and oxygen atoms in total. The standard InChI is InChI=1S/C18H16N2O3/c1-12-18(21)20(11-14-5-3-4-6-16(14)22-2)15-9-13(10-19)7-8-17(15)23-12/h3-9,12H,11H2,1-2H3. The molecule has 1 amide bonds. The first-order chi connectivity index (χ1) is 11.1. The first-order valence-corrected chi connectivity index (χ1v) is 7.28. The molecule has 1 atom stereocenters. The molecule has 0 spiro atoms. The second kappa shape index (κ2) is 6.01. The van der Waals surface area contributed by atoms with Crippen LogP contribution in [0.5, 0.6) is 11.5 Å². The lowest BCUT2D eigenvalue weighted by atomic mass is 10.1. The molecule has 0 radical (unpaired) electrons. The molecule has 0 aromatic heterocycles. The fraction of sp³-hybridized carbons (Fsp3) is 0.222. The Kier molecular flexibility index (Phi) is 3.90. The fourth-order valence-corrected chi connectivity index (χ4v) is 2.64. The monoisotopic (exact) mass is 308 g/mol. The summed E-state index contributed by atoms with van der Waals surface area (Å²) in [5, 5.41) is 9.10. The van der Waals surface area contributed by atoms with Crippen LogP contribution in [-0.2, 0) is 11.3 Å². The van der Waals surface area contributed by atoms with Crippen molar-refractivity contribution >= 4 is 11.6 Å². The Hall–Kier alpha value is -3.00. The van der Waals surface area contributed by atoms with Crippen molar-refractivity contribution < 1.29 is 14.3 Å². The van der Waals surface area contributed by atoms with Gasteiger partial charge in [-0.1, -0.05) is 18.2 Å². The van der Waals surface area contributed by atoms with Crippen LogP contribution < -0.4 is 14.4 Å². The van der Waals surface area contributed by atoms with E-state index >= 15 is 0 Å². The molecule has 0 saturated heterocycles. The third-order valence-corrected chi connectivity index (χ3v) is 3.82. The molecule has 23 heavy (non-hydrogen) atoms. The number of hydrogen-bond donors (Lipinski definition) is 0. The Labute approximate surface area is 134 Å². The van der Waals surface area contributed by atoms with E-state index < -0.39 is 6.10 Å². The molecule has 0 fully saturated rings. The number of anilines is 1. The lowest BCUT2D eigenvalue weighted by molar-refractivity contribution is -0.125. The summed E-state index contributed by atoms with van der Waals surface area (Å²) in [5.74, 6) is 1.18. The number of hydrogen-bond acceptors (Lipinski definition) is 4. The second-order valence-electron chi connectivity index (χ2n) is 5.29. The van der Waals surface area contributed by atoms with Crippen molar-refractivity contribution in [3.8, 4) is 17.6 Å². The summed E-state index contributed by atoms with van der Waals surface area (Å²) in [6.45, 7) is 2.08. The van der Waals surface area contributed by atoms with Crippen LogP contribution in [0.15, 0.2) is 42.5 Å². The summed E-state index contributed by atoms with van der Waals surface area (Å²) in [7, 11) is 1.60. The number of nitrogens with zero attached hydrogens (tertiary/aromatic N) is 2. The normalized spacial score (nSPS) is 16.3. The van der Waals surface area contributed by atoms with Crippen molar-refractivity contribution in [2.24, 2.45) is 0 Å². The van der Waals surface area contributed by atoms with Crippen LogP contribution in [0.25, 0.3) is 0 Å². The van der Waals surface area contributed by atoms with E-state index in [9.17, 15) is 4.79 Å². The number of benzene rings is 2. The summed E-state index contributed by atoms with van der Waals surface area (Å²) in [5.41, 5.74) is 1.99.